The first-order chi connectivity index (χ1) is 9.19. The van der Waals surface area contributed by atoms with Crippen molar-refractivity contribution in [3.8, 4) is 0 Å². The zero-order valence-electron chi connectivity index (χ0n) is 12.8. The number of nitrogens with zero attached hydrogens (tertiary/aromatic N) is 2. The molecular formula is C15H30N4. The van der Waals surface area contributed by atoms with Gasteiger partial charge in [0.1, 0.15) is 0 Å². The van der Waals surface area contributed by atoms with E-state index in [0.717, 1.165) is 30.9 Å². The predicted molar refractivity (Wildman–Crippen MR) is 81.5 cm³/mol. The maximum atomic E-state index is 4.30. The van der Waals surface area contributed by atoms with Crippen molar-refractivity contribution in [3.05, 3.63) is 0 Å². The minimum absolute atomic E-state index is 0.585. The summed E-state index contributed by atoms with van der Waals surface area (Å²) in [6.07, 6.45) is 5.50. The summed E-state index contributed by atoms with van der Waals surface area (Å²) >= 11 is 0. The molecule has 1 aliphatic heterocycles. The summed E-state index contributed by atoms with van der Waals surface area (Å²) < 4.78 is 0. The highest BCUT2D eigenvalue weighted by atomic mass is 15.2. The lowest BCUT2D eigenvalue weighted by molar-refractivity contribution is 0.139. The summed E-state index contributed by atoms with van der Waals surface area (Å²) in [6.45, 7) is 9.24. The fraction of sp³-hybridized carbons (Fsp3) is 0.933. The van der Waals surface area contributed by atoms with Crippen molar-refractivity contribution in [2.45, 2.75) is 45.6 Å². The lowest BCUT2D eigenvalue weighted by atomic mass is 9.99. The molecule has 0 radical (unpaired) electrons. The fourth-order valence-corrected chi connectivity index (χ4v) is 2.78. The zero-order chi connectivity index (χ0) is 13.7. The van der Waals surface area contributed by atoms with Crippen LogP contribution in [0.3, 0.4) is 0 Å². The summed E-state index contributed by atoms with van der Waals surface area (Å²) in [6, 6.07) is 0.585. The van der Waals surface area contributed by atoms with Gasteiger partial charge in [0, 0.05) is 32.7 Å². The Kier molecular flexibility index (Phi) is 5.49. The van der Waals surface area contributed by atoms with Gasteiger partial charge < -0.3 is 10.6 Å². The first-order valence-electron chi connectivity index (χ1n) is 7.87. The van der Waals surface area contributed by atoms with Gasteiger partial charge in [-0.2, -0.15) is 0 Å². The van der Waals surface area contributed by atoms with E-state index in [1.165, 1.54) is 38.8 Å². The molecule has 1 saturated carbocycles. The third-order valence-corrected chi connectivity index (χ3v) is 4.36. The van der Waals surface area contributed by atoms with E-state index < -0.39 is 0 Å². The van der Waals surface area contributed by atoms with Gasteiger partial charge in [0.25, 0.3) is 0 Å². The Bertz CT molecular complexity index is 299. The highest BCUT2D eigenvalue weighted by molar-refractivity contribution is 5.79. The van der Waals surface area contributed by atoms with Crippen molar-refractivity contribution in [2.24, 2.45) is 16.8 Å². The third-order valence-electron chi connectivity index (χ3n) is 4.36. The van der Waals surface area contributed by atoms with Crippen molar-refractivity contribution in [3.63, 3.8) is 0 Å². The van der Waals surface area contributed by atoms with Crippen molar-refractivity contribution in [2.75, 3.05) is 33.2 Å². The Hall–Kier alpha value is -0.770. The van der Waals surface area contributed by atoms with Crippen LogP contribution in [0.4, 0.5) is 0 Å². The van der Waals surface area contributed by atoms with Gasteiger partial charge in [-0.05, 0) is 51.0 Å². The van der Waals surface area contributed by atoms with E-state index in [0.29, 0.717) is 6.04 Å². The molecule has 110 valence electrons. The second kappa shape index (κ2) is 7.13. The highest BCUT2D eigenvalue weighted by Crippen LogP contribution is 2.27. The molecule has 19 heavy (non-hydrogen) atoms. The smallest absolute Gasteiger partial charge is 0.191 e. The molecule has 4 heteroatoms. The molecule has 1 saturated heterocycles. The van der Waals surface area contributed by atoms with Crippen molar-refractivity contribution in [1.82, 2.24) is 15.5 Å². The van der Waals surface area contributed by atoms with E-state index in [9.17, 15) is 0 Å². The molecule has 2 aliphatic rings. The average molecular weight is 266 g/mol. The van der Waals surface area contributed by atoms with Crippen LogP contribution in [0.1, 0.15) is 39.5 Å². The molecule has 2 unspecified atom stereocenters. The second-order valence-corrected chi connectivity index (χ2v) is 6.37. The molecule has 0 aromatic heterocycles. The van der Waals surface area contributed by atoms with Gasteiger partial charge in [0.15, 0.2) is 5.96 Å². The van der Waals surface area contributed by atoms with Crippen LogP contribution in [-0.4, -0.2) is 50.1 Å². The summed E-state index contributed by atoms with van der Waals surface area (Å²) in [7, 11) is 1.86. The number of hydrogen-bond donors (Lipinski definition) is 2. The fourth-order valence-electron chi connectivity index (χ4n) is 2.78. The molecule has 0 aromatic rings. The van der Waals surface area contributed by atoms with Crippen LogP contribution >= 0.6 is 0 Å². The molecule has 4 nitrogen and oxygen atoms in total. The molecule has 2 rings (SSSR count). The molecule has 0 bridgehead atoms. The third kappa shape index (κ3) is 5.01. The minimum atomic E-state index is 0.585. The number of guanidine groups is 1. The van der Waals surface area contributed by atoms with E-state index in [-0.39, 0.29) is 0 Å². The standard InChI is InChI=1S/C15H30N4/c1-12-5-4-8-19(11-12)13(2)9-17-15(16-3)18-10-14-6-7-14/h12-14H,4-11H2,1-3H3,(H2,16,17,18). The zero-order valence-corrected chi connectivity index (χ0v) is 12.8. The van der Waals surface area contributed by atoms with Gasteiger partial charge in [-0.1, -0.05) is 6.92 Å². The number of hydrogen-bond acceptors (Lipinski definition) is 2. The molecule has 0 aromatic carbocycles. The number of aliphatic imine (C=N–C) groups is 1. The van der Waals surface area contributed by atoms with Crippen LogP contribution < -0.4 is 10.6 Å². The minimum Gasteiger partial charge on any atom is -0.356 e. The lowest BCUT2D eigenvalue weighted by Gasteiger charge is -2.35. The monoisotopic (exact) mass is 266 g/mol. The summed E-state index contributed by atoms with van der Waals surface area (Å²) in [5, 5.41) is 6.88. The maximum absolute atomic E-state index is 4.30. The van der Waals surface area contributed by atoms with Gasteiger partial charge in [0.05, 0.1) is 0 Å². The number of likely N-dealkylation sites (tertiary alicyclic amines) is 1. The van der Waals surface area contributed by atoms with Crippen molar-refractivity contribution >= 4 is 5.96 Å². The quantitative estimate of drug-likeness (QED) is 0.587. The van der Waals surface area contributed by atoms with Crippen LogP contribution in [0.15, 0.2) is 4.99 Å². The normalized spacial score (nSPS) is 27.1. The Balaban J connectivity index is 1.67. The van der Waals surface area contributed by atoms with Gasteiger partial charge in [-0.3, -0.25) is 9.89 Å². The number of piperidine rings is 1. The van der Waals surface area contributed by atoms with Gasteiger partial charge >= 0.3 is 0 Å². The number of nitrogens with one attached hydrogen (secondary N) is 2. The first kappa shape index (κ1) is 14.6. The van der Waals surface area contributed by atoms with Crippen LogP contribution in [0.2, 0.25) is 0 Å². The molecule has 2 atom stereocenters. The van der Waals surface area contributed by atoms with Crippen LogP contribution in [0, 0.1) is 11.8 Å². The van der Waals surface area contributed by atoms with Gasteiger partial charge in [0.2, 0.25) is 0 Å². The van der Waals surface area contributed by atoms with E-state index >= 15 is 0 Å². The Labute approximate surface area is 118 Å². The molecule has 2 N–H and O–H groups in total. The molecule has 2 fully saturated rings. The Morgan fingerprint density at radius 1 is 1.32 bits per heavy atom. The Morgan fingerprint density at radius 2 is 2.11 bits per heavy atom. The second-order valence-electron chi connectivity index (χ2n) is 6.37. The van der Waals surface area contributed by atoms with E-state index in [4.69, 9.17) is 0 Å². The summed E-state index contributed by atoms with van der Waals surface area (Å²) in [5.41, 5.74) is 0. The van der Waals surface area contributed by atoms with Crippen molar-refractivity contribution < 1.29 is 0 Å². The topological polar surface area (TPSA) is 39.7 Å². The van der Waals surface area contributed by atoms with E-state index in [1.54, 1.807) is 0 Å². The van der Waals surface area contributed by atoms with Crippen LogP contribution in [0.25, 0.3) is 0 Å². The van der Waals surface area contributed by atoms with E-state index in [1.807, 2.05) is 7.05 Å². The highest BCUT2D eigenvalue weighted by Gasteiger charge is 2.22. The van der Waals surface area contributed by atoms with E-state index in [2.05, 4.69) is 34.4 Å². The van der Waals surface area contributed by atoms with Gasteiger partial charge in [-0.25, -0.2) is 0 Å². The predicted octanol–water partition coefficient (Wildman–Crippen LogP) is 1.68. The molecule has 1 heterocycles. The maximum Gasteiger partial charge on any atom is 0.191 e. The average Bonchev–Trinajstić information content (AvgIpc) is 3.22. The molecule has 0 amide bonds. The summed E-state index contributed by atoms with van der Waals surface area (Å²) in [4.78, 5) is 6.90. The Morgan fingerprint density at radius 3 is 2.74 bits per heavy atom. The first-order valence-corrected chi connectivity index (χ1v) is 7.87. The number of rotatable bonds is 5. The molecule has 0 spiro atoms. The van der Waals surface area contributed by atoms with Crippen LogP contribution in [0.5, 0.6) is 0 Å². The van der Waals surface area contributed by atoms with Crippen LogP contribution in [-0.2, 0) is 0 Å². The molecular weight excluding hydrogens is 236 g/mol. The largest absolute Gasteiger partial charge is 0.356 e. The molecule has 1 aliphatic carbocycles. The van der Waals surface area contributed by atoms with Crippen molar-refractivity contribution in [1.29, 1.82) is 0 Å². The summed E-state index contributed by atoms with van der Waals surface area (Å²) in [5.74, 6) is 2.70. The lowest BCUT2D eigenvalue weighted by Crippen LogP contribution is -2.48. The van der Waals surface area contributed by atoms with Gasteiger partial charge in [-0.15, -0.1) is 0 Å². The SMILES string of the molecule is CN=C(NCC1CC1)NCC(C)N1CCCC(C)C1.